The number of nitrogens with zero attached hydrogens (tertiary/aromatic N) is 3. The summed E-state index contributed by atoms with van der Waals surface area (Å²) in [4.78, 5) is 4.28. The van der Waals surface area contributed by atoms with Crippen LogP contribution in [-0.2, 0) is 0 Å². The van der Waals surface area contributed by atoms with E-state index in [1.807, 2.05) is 20.8 Å². The van der Waals surface area contributed by atoms with E-state index in [9.17, 15) is 0 Å². The second-order valence-electron chi connectivity index (χ2n) is 3.98. The fraction of sp³-hybridized carbons (Fsp3) is 0.273. The maximum absolute atomic E-state index is 6.15. The molecule has 0 saturated carbocycles. The van der Waals surface area contributed by atoms with Gasteiger partial charge in [-0.1, -0.05) is 23.2 Å². The minimum Gasteiger partial charge on any atom is -0.307 e. The Balaban J connectivity index is 2.67. The van der Waals surface area contributed by atoms with Crippen molar-refractivity contribution in [2.24, 2.45) is 5.84 Å². The van der Waals surface area contributed by atoms with Gasteiger partial charge in [-0.05, 0) is 32.4 Å². The van der Waals surface area contributed by atoms with Crippen LogP contribution in [0.5, 0.6) is 0 Å². The van der Waals surface area contributed by atoms with E-state index in [-0.39, 0.29) is 0 Å². The lowest BCUT2D eigenvalue weighted by atomic mass is 10.2. The number of hydrogen-bond donors (Lipinski definition) is 2. The average Bonchev–Trinajstić information content (AvgIpc) is 2.57. The van der Waals surface area contributed by atoms with Gasteiger partial charge in [0.15, 0.2) is 11.6 Å². The number of anilines is 1. The van der Waals surface area contributed by atoms with Crippen molar-refractivity contribution < 1.29 is 0 Å². The zero-order valence-electron chi connectivity index (χ0n) is 10.3. The molecule has 0 aliphatic rings. The van der Waals surface area contributed by atoms with Crippen LogP contribution >= 0.6 is 23.2 Å². The van der Waals surface area contributed by atoms with Crippen LogP contribution in [-0.4, -0.2) is 14.8 Å². The number of nitrogens with one attached hydrogen (secondary N) is 1. The lowest BCUT2D eigenvalue weighted by Crippen LogP contribution is -2.12. The van der Waals surface area contributed by atoms with Crippen LogP contribution in [0.2, 0.25) is 10.0 Å². The molecule has 0 bridgehead atoms. The largest absolute Gasteiger partial charge is 0.307 e. The molecule has 0 radical (unpaired) electrons. The number of nitrogen functional groups attached to an aromatic ring is 1. The third-order valence-corrected chi connectivity index (χ3v) is 3.47. The van der Waals surface area contributed by atoms with Gasteiger partial charge in [-0.15, -0.1) is 0 Å². The maximum Gasteiger partial charge on any atom is 0.174 e. The highest BCUT2D eigenvalue weighted by Gasteiger charge is 2.15. The van der Waals surface area contributed by atoms with Crippen molar-refractivity contribution in [1.82, 2.24) is 14.8 Å². The van der Waals surface area contributed by atoms with Gasteiger partial charge in [0.1, 0.15) is 0 Å². The van der Waals surface area contributed by atoms with Gasteiger partial charge in [0.05, 0.1) is 15.7 Å². The Kier molecular flexibility index (Phi) is 3.47. The Morgan fingerprint density at radius 3 is 2.39 bits per heavy atom. The molecule has 96 valence electrons. The molecule has 0 aliphatic heterocycles. The predicted octanol–water partition coefficient (Wildman–Crippen LogP) is 2.78. The first-order valence-electron chi connectivity index (χ1n) is 5.31. The fourth-order valence-corrected chi connectivity index (χ4v) is 2.13. The molecule has 0 aromatic carbocycles. The quantitative estimate of drug-likeness (QED) is 0.658. The third kappa shape index (κ3) is 2.05. The van der Waals surface area contributed by atoms with Crippen molar-refractivity contribution in [3.8, 4) is 5.82 Å². The van der Waals surface area contributed by atoms with Gasteiger partial charge >= 0.3 is 0 Å². The molecule has 0 spiro atoms. The molecule has 5 nitrogen and oxygen atoms in total. The normalized spacial score (nSPS) is 10.8. The summed E-state index contributed by atoms with van der Waals surface area (Å²) in [5, 5.41) is 5.19. The number of halogens is 2. The van der Waals surface area contributed by atoms with Gasteiger partial charge in [-0.25, -0.2) is 15.5 Å². The zero-order chi connectivity index (χ0) is 13.4. The Morgan fingerprint density at radius 2 is 1.89 bits per heavy atom. The number of nitrogens with two attached hydrogens (primary N) is 1. The van der Waals surface area contributed by atoms with Crippen molar-refractivity contribution in [2.45, 2.75) is 20.8 Å². The van der Waals surface area contributed by atoms with Crippen molar-refractivity contribution in [3.05, 3.63) is 33.1 Å². The lowest BCUT2D eigenvalue weighted by molar-refractivity contribution is 0.806. The maximum atomic E-state index is 6.15. The van der Waals surface area contributed by atoms with E-state index in [0.29, 0.717) is 21.7 Å². The molecule has 0 fully saturated rings. The summed E-state index contributed by atoms with van der Waals surface area (Å²) in [6.07, 6.45) is 0. The molecule has 2 rings (SSSR count). The molecule has 2 heterocycles. The Labute approximate surface area is 115 Å². The first-order chi connectivity index (χ1) is 8.45. The molecule has 2 aromatic rings. The van der Waals surface area contributed by atoms with Crippen LogP contribution < -0.4 is 11.3 Å². The smallest absolute Gasteiger partial charge is 0.174 e. The second kappa shape index (κ2) is 4.76. The highest BCUT2D eigenvalue weighted by atomic mass is 35.5. The van der Waals surface area contributed by atoms with Crippen LogP contribution in [0.1, 0.15) is 17.0 Å². The van der Waals surface area contributed by atoms with Crippen LogP contribution in [0.25, 0.3) is 5.82 Å². The van der Waals surface area contributed by atoms with E-state index in [4.69, 9.17) is 29.0 Å². The fourth-order valence-electron chi connectivity index (χ4n) is 1.63. The molecular weight excluding hydrogens is 273 g/mol. The van der Waals surface area contributed by atoms with E-state index in [0.717, 1.165) is 17.0 Å². The van der Waals surface area contributed by atoms with Gasteiger partial charge in [0, 0.05) is 5.69 Å². The molecule has 3 N–H and O–H groups in total. The molecule has 0 unspecified atom stereocenters. The van der Waals surface area contributed by atoms with E-state index in [2.05, 4.69) is 15.5 Å². The van der Waals surface area contributed by atoms with Crippen molar-refractivity contribution in [2.75, 3.05) is 5.43 Å². The van der Waals surface area contributed by atoms with E-state index < -0.39 is 0 Å². The minimum atomic E-state index is 0.362. The molecule has 0 aliphatic carbocycles. The first-order valence-corrected chi connectivity index (χ1v) is 6.07. The summed E-state index contributed by atoms with van der Waals surface area (Å²) in [7, 11) is 0. The summed E-state index contributed by atoms with van der Waals surface area (Å²) < 4.78 is 1.68. The lowest BCUT2D eigenvalue weighted by Gasteiger charge is -2.09. The Hall–Kier alpha value is -1.30. The van der Waals surface area contributed by atoms with Crippen molar-refractivity contribution >= 4 is 29.0 Å². The number of pyridine rings is 1. The molecule has 7 heteroatoms. The molecule has 0 amide bonds. The topological polar surface area (TPSA) is 68.8 Å². The number of hydrogen-bond acceptors (Lipinski definition) is 4. The zero-order valence-corrected chi connectivity index (χ0v) is 11.8. The molecule has 18 heavy (non-hydrogen) atoms. The van der Waals surface area contributed by atoms with E-state index >= 15 is 0 Å². The summed E-state index contributed by atoms with van der Waals surface area (Å²) >= 11 is 12.1. The van der Waals surface area contributed by atoms with Crippen LogP contribution in [0.3, 0.4) is 0 Å². The Morgan fingerprint density at radius 1 is 1.22 bits per heavy atom. The van der Waals surface area contributed by atoms with Crippen LogP contribution in [0.4, 0.5) is 5.82 Å². The van der Waals surface area contributed by atoms with Crippen LogP contribution in [0, 0.1) is 20.8 Å². The highest BCUT2D eigenvalue weighted by Crippen LogP contribution is 2.29. The summed E-state index contributed by atoms with van der Waals surface area (Å²) in [6, 6.07) is 1.59. The predicted molar refractivity (Wildman–Crippen MR) is 73.4 cm³/mol. The van der Waals surface area contributed by atoms with Gasteiger partial charge in [-0.2, -0.15) is 5.10 Å². The van der Waals surface area contributed by atoms with Gasteiger partial charge in [-0.3, -0.25) is 0 Å². The molecule has 2 aromatic heterocycles. The number of aryl methyl sites for hydroxylation is 1. The van der Waals surface area contributed by atoms with E-state index in [1.165, 1.54) is 0 Å². The third-order valence-electron chi connectivity index (χ3n) is 2.90. The monoisotopic (exact) mass is 285 g/mol. The highest BCUT2D eigenvalue weighted by molar-refractivity contribution is 6.36. The summed E-state index contributed by atoms with van der Waals surface area (Å²) in [5.74, 6) is 6.22. The van der Waals surface area contributed by atoms with Gasteiger partial charge in [0.2, 0.25) is 0 Å². The van der Waals surface area contributed by atoms with Crippen molar-refractivity contribution in [3.63, 3.8) is 0 Å². The summed E-state index contributed by atoms with van der Waals surface area (Å²) in [5.41, 5.74) is 5.44. The minimum absolute atomic E-state index is 0.362. The average molecular weight is 286 g/mol. The second-order valence-corrected chi connectivity index (χ2v) is 4.79. The van der Waals surface area contributed by atoms with Gasteiger partial charge < -0.3 is 5.43 Å². The van der Waals surface area contributed by atoms with Crippen LogP contribution in [0.15, 0.2) is 6.07 Å². The first kappa shape index (κ1) is 13.1. The Bertz CT molecular complexity index is 606. The molecule has 0 saturated heterocycles. The SMILES string of the molecule is Cc1nn(-c2nc(NN)c(Cl)cc2Cl)c(C)c1C. The molecule has 0 atom stereocenters. The molecular formula is C11H13Cl2N5. The summed E-state index contributed by atoms with van der Waals surface area (Å²) in [6.45, 7) is 5.89. The standard InChI is InChI=1S/C11H13Cl2N5/c1-5-6(2)17-18(7(5)3)11-9(13)4-8(12)10(15-11)16-14/h4H,14H2,1-3H3,(H,15,16). The number of hydrazine groups is 1. The number of rotatable bonds is 2. The van der Waals surface area contributed by atoms with Gasteiger partial charge in [0.25, 0.3) is 0 Å². The number of aromatic nitrogens is 3. The van der Waals surface area contributed by atoms with E-state index in [1.54, 1.807) is 10.7 Å². The van der Waals surface area contributed by atoms with Crippen molar-refractivity contribution in [1.29, 1.82) is 0 Å².